The molecule has 1 amide bonds. The maximum absolute atomic E-state index is 12.8. The number of carbonyl (C=O) groups is 1. The second-order valence-electron chi connectivity index (χ2n) is 8.28. The highest BCUT2D eigenvalue weighted by molar-refractivity contribution is 6.30. The maximum atomic E-state index is 12.8. The van der Waals surface area contributed by atoms with Gasteiger partial charge in [0.15, 0.2) is 10.8 Å². The summed E-state index contributed by atoms with van der Waals surface area (Å²) in [5.41, 5.74) is 1.29. The Morgan fingerprint density at radius 2 is 1.74 bits per heavy atom. The van der Waals surface area contributed by atoms with Gasteiger partial charge in [-0.3, -0.25) is 4.79 Å². The summed E-state index contributed by atoms with van der Waals surface area (Å²) in [6, 6.07) is 1.80. The van der Waals surface area contributed by atoms with E-state index in [9.17, 15) is 4.79 Å². The molecule has 23 heavy (non-hydrogen) atoms. The average molecular weight is 334 g/mol. The van der Waals surface area contributed by atoms with Crippen molar-refractivity contribution in [3.63, 3.8) is 0 Å². The molecule has 4 bridgehead atoms. The molecule has 0 spiro atoms. The zero-order valence-corrected chi connectivity index (χ0v) is 14.6. The molecule has 1 aromatic rings. The third kappa shape index (κ3) is 2.75. The highest BCUT2D eigenvalue weighted by Gasteiger charge is 2.51. The van der Waals surface area contributed by atoms with Crippen molar-refractivity contribution in [1.82, 2.24) is 15.5 Å². The molecule has 0 unspecified atom stereocenters. The van der Waals surface area contributed by atoms with Crippen molar-refractivity contribution in [2.24, 2.45) is 17.8 Å². The van der Waals surface area contributed by atoms with E-state index >= 15 is 0 Å². The average Bonchev–Trinajstić information content (AvgIpc) is 2.45. The first kappa shape index (κ1) is 15.4. The van der Waals surface area contributed by atoms with Crippen LogP contribution in [-0.2, 0) is 0 Å². The standard InChI is InChI=1S/C18H24ClN3O/c1-10(2)14-6-15(21-22-16(14)19)17(23)20-18-7-11-3-12(8-18)5-13(4-11)9-18/h6,10-13H,3-5,7-9H2,1-2H3,(H,20,23). The fraction of sp³-hybridized carbons (Fsp3) is 0.722. The van der Waals surface area contributed by atoms with Gasteiger partial charge in [-0.25, -0.2) is 0 Å². The van der Waals surface area contributed by atoms with E-state index in [0.717, 1.165) is 42.6 Å². The first-order chi connectivity index (χ1) is 10.9. The van der Waals surface area contributed by atoms with E-state index in [1.54, 1.807) is 6.07 Å². The molecule has 4 fully saturated rings. The number of nitrogens with one attached hydrogen (secondary N) is 1. The molecular weight excluding hydrogens is 310 g/mol. The molecule has 0 saturated heterocycles. The minimum atomic E-state index is -0.0852. The quantitative estimate of drug-likeness (QED) is 0.911. The van der Waals surface area contributed by atoms with Crippen molar-refractivity contribution in [2.75, 3.05) is 0 Å². The van der Waals surface area contributed by atoms with Crippen LogP contribution in [0.3, 0.4) is 0 Å². The van der Waals surface area contributed by atoms with Crippen LogP contribution >= 0.6 is 11.6 Å². The summed E-state index contributed by atoms with van der Waals surface area (Å²) in [4.78, 5) is 12.8. The Bertz CT molecular complexity index is 608. The van der Waals surface area contributed by atoms with E-state index in [1.807, 2.05) is 13.8 Å². The van der Waals surface area contributed by atoms with Gasteiger partial charge in [0.05, 0.1) is 0 Å². The van der Waals surface area contributed by atoms with E-state index in [4.69, 9.17) is 11.6 Å². The summed E-state index contributed by atoms with van der Waals surface area (Å²) in [5.74, 6) is 2.57. The fourth-order valence-corrected chi connectivity index (χ4v) is 5.79. The number of halogens is 1. The third-order valence-corrected chi connectivity index (χ3v) is 6.34. The fourth-order valence-electron chi connectivity index (χ4n) is 5.48. The van der Waals surface area contributed by atoms with Crippen molar-refractivity contribution >= 4 is 17.5 Å². The van der Waals surface area contributed by atoms with Gasteiger partial charge in [0, 0.05) is 5.54 Å². The smallest absolute Gasteiger partial charge is 0.272 e. The molecular formula is C18H24ClN3O. The summed E-state index contributed by atoms with van der Waals surface area (Å²) in [6.45, 7) is 4.09. The van der Waals surface area contributed by atoms with E-state index in [-0.39, 0.29) is 17.4 Å². The van der Waals surface area contributed by atoms with Gasteiger partial charge in [-0.1, -0.05) is 25.4 Å². The van der Waals surface area contributed by atoms with Gasteiger partial charge in [0.25, 0.3) is 5.91 Å². The van der Waals surface area contributed by atoms with Crippen molar-refractivity contribution in [3.05, 3.63) is 22.5 Å². The predicted octanol–water partition coefficient (Wildman–Crippen LogP) is 3.95. The summed E-state index contributed by atoms with van der Waals surface area (Å²) in [5, 5.41) is 11.7. The molecule has 0 radical (unpaired) electrons. The van der Waals surface area contributed by atoms with E-state index in [2.05, 4.69) is 15.5 Å². The highest BCUT2D eigenvalue weighted by atomic mass is 35.5. The summed E-state index contributed by atoms with van der Waals surface area (Å²) >= 11 is 6.09. The third-order valence-electron chi connectivity index (χ3n) is 6.05. The number of amides is 1. The molecule has 124 valence electrons. The molecule has 4 aliphatic carbocycles. The molecule has 5 heteroatoms. The molecule has 4 aliphatic rings. The lowest BCUT2D eigenvalue weighted by atomic mass is 9.53. The van der Waals surface area contributed by atoms with Gasteiger partial charge in [-0.15, -0.1) is 10.2 Å². The van der Waals surface area contributed by atoms with Crippen LogP contribution in [0.4, 0.5) is 0 Å². The zero-order chi connectivity index (χ0) is 16.2. The molecule has 0 atom stereocenters. The molecule has 0 aromatic carbocycles. The molecule has 1 N–H and O–H groups in total. The lowest BCUT2D eigenvalue weighted by Crippen LogP contribution is -2.59. The minimum Gasteiger partial charge on any atom is -0.345 e. The molecule has 1 heterocycles. The number of rotatable bonds is 3. The largest absolute Gasteiger partial charge is 0.345 e. The molecule has 1 aromatic heterocycles. The lowest BCUT2D eigenvalue weighted by Gasteiger charge is -2.56. The van der Waals surface area contributed by atoms with E-state index < -0.39 is 0 Å². The van der Waals surface area contributed by atoms with Gasteiger partial charge in [-0.2, -0.15) is 0 Å². The van der Waals surface area contributed by atoms with Crippen molar-refractivity contribution < 1.29 is 4.79 Å². The Morgan fingerprint density at radius 1 is 1.17 bits per heavy atom. The monoisotopic (exact) mass is 333 g/mol. The number of hydrogen-bond donors (Lipinski definition) is 1. The van der Waals surface area contributed by atoms with Crippen LogP contribution in [0.1, 0.15) is 74.3 Å². The second-order valence-corrected chi connectivity index (χ2v) is 8.64. The van der Waals surface area contributed by atoms with Crippen LogP contribution in [0, 0.1) is 17.8 Å². The SMILES string of the molecule is CC(C)c1cc(C(=O)NC23CC4CC(CC(C4)C2)C3)nnc1Cl. The Morgan fingerprint density at radius 3 is 2.26 bits per heavy atom. The summed E-state index contributed by atoms with van der Waals surface area (Å²) in [6.07, 6.45) is 7.53. The lowest BCUT2D eigenvalue weighted by molar-refractivity contribution is -0.0168. The number of aromatic nitrogens is 2. The van der Waals surface area contributed by atoms with Gasteiger partial charge >= 0.3 is 0 Å². The normalized spacial score (nSPS) is 34.9. The van der Waals surface area contributed by atoms with Crippen molar-refractivity contribution in [2.45, 2.75) is 63.8 Å². The number of nitrogens with zero attached hydrogens (tertiary/aromatic N) is 2. The van der Waals surface area contributed by atoms with Gasteiger partial charge in [-0.05, 0) is 73.8 Å². The van der Waals surface area contributed by atoms with Crippen LogP contribution in [0.15, 0.2) is 6.07 Å². The van der Waals surface area contributed by atoms with Crippen LogP contribution < -0.4 is 5.32 Å². The van der Waals surface area contributed by atoms with E-state index in [0.29, 0.717) is 10.8 Å². The van der Waals surface area contributed by atoms with Crippen LogP contribution in [0.2, 0.25) is 5.15 Å². The minimum absolute atomic E-state index is 0.00510. The molecule has 4 saturated carbocycles. The molecule has 4 nitrogen and oxygen atoms in total. The van der Waals surface area contributed by atoms with Crippen LogP contribution in [0.5, 0.6) is 0 Å². The maximum Gasteiger partial charge on any atom is 0.272 e. The Kier molecular flexibility index (Phi) is 3.63. The van der Waals surface area contributed by atoms with Crippen molar-refractivity contribution in [3.8, 4) is 0 Å². The first-order valence-corrected chi connectivity index (χ1v) is 9.17. The van der Waals surface area contributed by atoms with Gasteiger partial charge in [0.1, 0.15) is 0 Å². The summed E-state index contributed by atoms with van der Waals surface area (Å²) in [7, 11) is 0. The Labute approximate surface area is 142 Å². The number of carbonyl (C=O) groups excluding carboxylic acids is 1. The van der Waals surface area contributed by atoms with Crippen LogP contribution in [0.25, 0.3) is 0 Å². The molecule has 5 rings (SSSR count). The summed E-state index contributed by atoms with van der Waals surface area (Å²) < 4.78 is 0. The number of hydrogen-bond acceptors (Lipinski definition) is 3. The highest BCUT2D eigenvalue weighted by Crippen LogP contribution is 2.55. The van der Waals surface area contributed by atoms with E-state index in [1.165, 1.54) is 19.3 Å². The first-order valence-electron chi connectivity index (χ1n) is 8.80. The van der Waals surface area contributed by atoms with Crippen LogP contribution in [-0.4, -0.2) is 21.6 Å². The van der Waals surface area contributed by atoms with Crippen molar-refractivity contribution in [1.29, 1.82) is 0 Å². The predicted molar refractivity (Wildman–Crippen MR) is 89.5 cm³/mol. The Hall–Kier alpha value is -1.16. The second kappa shape index (κ2) is 5.44. The topological polar surface area (TPSA) is 54.9 Å². The zero-order valence-electron chi connectivity index (χ0n) is 13.8. The Balaban J connectivity index is 1.55. The van der Waals surface area contributed by atoms with Gasteiger partial charge < -0.3 is 5.32 Å². The van der Waals surface area contributed by atoms with Gasteiger partial charge in [0.2, 0.25) is 0 Å². The molecule has 0 aliphatic heterocycles.